The first-order chi connectivity index (χ1) is 16.5. The normalized spacial score (nSPS) is 14.5. The molecule has 0 radical (unpaired) electrons. The van der Waals surface area contributed by atoms with Crippen molar-refractivity contribution in [3.63, 3.8) is 0 Å². The number of nitrogens with one attached hydrogen (secondary N) is 1. The van der Waals surface area contributed by atoms with Crippen LogP contribution in [0.3, 0.4) is 0 Å². The Labute approximate surface area is 207 Å². The second-order valence-corrected chi connectivity index (χ2v) is 9.59. The van der Waals surface area contributed by atoms with Gasteiger partial charge in [0.05, 0.1) is 17.1 Å². The molecule has 1 aromatic heterocycles. The van der Waals surface area contributed by atoms with E-state index in [0.29, 0.717) is 21.8 Å². The fraction of sp³-hybridized carbons (Fsp3) is 0.240. The number of hydrogen-bond acceptors (Lipinski definition) is 7. The van der Waals surface area contributed by atoms with E-state index in [1.54, 1.807) is 6.07 Å². The molecule has 7 nitrogen and oxygen atoms in total. The lowest BCUT2D eigenvalue weighted by Crippen LogP contribution is -2.44. The Balaban J connectivity index is 1.23. The highest BCUT2D eigenvalue weighted by atomic mass is 35.5. The monoisotopic (exact) mass is 493 g/mol. The number of halogens is 1. The van der Waals surface area contributed by atoms with Gasteiger partial charge in [0.2, 0.25) is 11.8 Å². The van der Waals surface area contributed by atoms with Crippen LogP contribution in [0.1, 0.15) is 0 Å². The molecular formula is C25H24ClN5O2S. The number of piperazine rings is 1. The first-order valence-electron chi connectivity index (χ1n) is 11.0. The molecule has 0 saturated carbocycles. The molecule has 5 rings (SSSR count). The molecule has 2 heterocycles. The predicted molar refractivity (Wildman–Crippen MR) is 138 cm³/mol. The predicted octanol–water partition coefficient (Wildman–Crippen LogP) is 5.03. The Kier molecular flexibility index (Phi) is 6.71. The van der Waals surface area contributed by atoms with Crippen molar-refractivity contribution in [1.29, 1.82) is 0 Å². The third kappa shape index (κ3) is 5.19. The lowest BCUT2D eigenvalue weighted by Gasteiger charge is -2.35. The van der Waals surface area contributed by atoms with E-state index in [2.05, 4.69) is 38.4 Å². The molecule has 0 unspecified atom stereocenters. The summed E-state index contributed by atoms with van der Waals surface area (Å²) in [5, 5.41) is 14.4. The number of likely N-dealkylation sites (N-methyl/N-ethyl adjacent to an activating group) is 1. The Bertz CT molecular complexity index is 1320. The average Bonchev–Trinajstić information content (AvgIpc) is 3.32. The third-order valence-corrected chi connectivity index (χ3v) is 6.86. The molecule has 3 aromatic carbocycles. The minimum Gasteiger partial charge on any atom is -0.411 e. The van der Waals surface area contributed by atoms with E-state index in [9.17, 15) is 4.79 Å². The van der Waals surface area contributed by atoms with E-state index >= 15 is 0 Å². The number of hydrogen-bond donors (Lipinski definition) is 1. The lowest BCUT2D eigenvalue weighted by atomic mass is 10.1. The second kappa shape index (κ2) is 10.0. The van der Waals surface area contributed by atoms with Crippen molar-refractivity contribution in [2.75, 3.05) is 49.2 Å². The summed E-state index contributed by atoms with van der Waals surface area (Å²) in [5.41, 5.74) is 2.54. The van der Waals surface area contributed by atoms with Gasteiger partial charge in [0.15, 0.2) is 0 Å². The van der Waals surface area contributed by atoms with Crippen LogP contribution in [0.5, 0.6) is 0 Å². The smallest absolute Gasteiger partial charge is 0.277 e. The van der Waals surface area contributed by atoms with Gasteiger partial charge in [-0.2, -0.15) is 0 Å². The fourth-order valence-corrected chi connectivity index (χ4v) is 4.69. The third-order valence-electron chi connectivity index (χ3n) is 5.81. The SMILES string of the molecule is CN1CCN(c2ccc(Cl)cc2NC(=O)CSc2nnc(-c3ccc4ccccc4c3)o2)CC1. The summed E-state index contributed by atoms with van der Waals surface area (Å²) in [5.74, 6) is 0.419. The molecule has 0 atom stereocenters. The number of amides is 1. The van der Waals surface area contributed by atoms with Crippen molar-refractivity contribution >= 4 is 51.4 Å². The number of carbonyl (C=O) groups is 1. The van der Waals surface area contributed by atoms with E-state index in [-0.39, 0.29) is 11.7 Å². The van der Waals surface area contributed by atoms with Gasteiger partial charge < -0.3 is 19.5 Å². The molecule has 1 amide bonds. The van der Waals surface area contributed by atoms with E-state index in [0.717, 1.165) is 48.2 Å². The van der Waals surface area contributed by atoms with Crippen LogP contribution in [0, 0.1) is 0 Å². The zero-order valence-corrected chi connectivity index (χ0v) is 20.3. The van der Waals surface area contributed by atoms with Crippen LogP contribution in [0.4, 0.5) is 11.4 Å². The lowest BCUT2D eigenvalue weighted by molar-refractivity contribution is -0.113. The Morgan fingerprint density at radius 1 is 1.03 bits per heavy atom. The van der Waals surface area contributed by atoms with E-state index < -0.39 is 0 Å². The molecule has 34 heavy (non-hydrogen) atoms. The van der Waals surface area contributed by atoms with Crippen LogP contribution >= 0.6 is 23.4 Å². The maximum atomic E-state index is 12.7. The number of benzene rings is 3. The van der Waals surface area contributed by atoms with E-state index in [4.69, 9.17) is 16.0 Å². The largest absolute Gasteiger partial charge is 0.411 e. The molecule has 1 aliphatic heterocycles. The van der Waals surface area contributed by atoms with Crippen LogP contribution in [0.15, 0.2) is 70.3 Å². The number of thioether (sulfide) groups is 1. The van der Waals surface area contributed by atoms with Crippen molar-refractivity contribution in [2.24, 2.45) is 0 Å². The second-order valence-electron chi connectivity index (χ2n) is 8.22. The average molecular weight is 494 g/mol. The van der Waals surface area contributed by atoms with Crippen molar-refractivity contribution < 1.29 is 9.21 Å². The summed E-state index contributed by atoms with van der Waals surface area (Å²) >= 11 is 7.42. The molecule has 1 fully saturated rings. The Morgan fingerprint density at radius 2 is 1.82 bits per heavy atom. The summed E-state index contributed by atoms with van der Waals surface area (Å²) in [6, 6.07) is 19.7. The van der Waals surface area contributed by atoms with E-state index in [1.165, 1.54) is 11.8 Å². The minimum absolute atomic E-state index is 0.147. The molecule has 0 spiro atoms. The highest BCUT2D eigenvalue weighted by Crippen LogP contribution is 2.31. The molecule has 1 saturated heterocycles. The number of fused-ring (bicyclic) bond motifs is 1. The zero-order chi connectivity index (χ0) is 23.5. The highest BCUT2D eigenvalue weighted by Gasteiger charge is 2.19. The molecule has 1 aliphatic rings. The van der Waals surface area contributed by atoms with Gasteiger partial charge in [-0.05, 0) is 48.2 Å². The van der Waals surface area contributed by atoms with Crippen LogP contribution in [-0.4, -0.2) is 60.0 Å². The summed E-state index contributed by atoms with van der Waals surface area (Å²) in [6.07, 6.45) is 0. The molecular weight excluding hydrogens is 470 g/mol. The van der Waals surface area contributed by atoms with Crippen molar-refractivity contribution in [3.05, 3.63) is 65.7 Å². The van der Waals surface area contributed by atoms with Crippen molar-refractivity contribution in [1.82, 2.24) is 15.1 Å². The van der Waals surface area contributed by atoms with Crippen LogP contribution in [0.2, 0.25) is 5.02 Å². The van der Waals surface area contributed by atoms with Crippen molar-refractivity contribution in [3.8, 4) is 11.5 Å². The fourth-order valence-electron chi connectivity index (χ4n) is 3.95. The standard InChI is InChI=1S/C25H24ClN5O2S/c1-30-10-12-31(13-11-30)22-9-8-20(26)15-21(22)27-23(32)16-34-25-29-28-24(33-25)19-7-6-17-4-2-3-5-18(17)14-19/h2-9,14-15H,10-13,16H2,1H3,(H,27,32). The maximum absolute atomic E-state index is 12.7. The Hall–Kier alpha value is -3.07. The molecule has 9 heteroatoms. The molecule has 4 aromatic rings. The summed E-state index contributed by atoms with van der Waals surface area (Å²) in [7, 11) is 2.11. The number of aromatic nitrogens is 2. The molecule has 174 valence electrons. The minimum atomic E-state index is -0.159. The van der Waals surface area contributed by atoms with Gasteiger partial charge >= 0.3 is 0 Å². The maximum Gasteiger partial charge on any atom is 0.277 e. The molecule has 0 bridgehead atoms. The number of nitrogens with zero attached hydrogens (tertiary/aromatic N) is 4. The zero-order valence-electron chi connectivity index (χ0n) is 18.7. The van der Waals surface area contributed by atoms with Crippen molar-refractivity contribution in [2.45, 2.75) is 5.22 Å². The summed E-state index contributed by atoms with van der Waals surface area (Å²) < 4.78 is 5.79. The van der Waals surface area contributed by atoms with Gasteiger partial charge in [0.1, 0.15) is 0 Å². The van der Waals surface area contributed by atoms with Gasteiger partial charge in [-0.25, -0.2) is 0 Å². The number of carbonyl (C=O) groups excluding carboxylic acids is 1. The van der Waals surface area contributed by atoms with Crippen LogP contribution < -0.4 is 10.2 Å². The van der Waals surface area contributed by atoms with Gasteiger partial charge in [-0.15, -0.1) is 10.2 Å². The van der Waals surface area contributed by atoms with E-state index in [1.807, 2.05) is 48.5 Å². The first-order valence-corrected chi connectivity index (χ1v) is 12.4. The van der Waals surface area contributed by atoms with Gasteiger partial charge in [-0.1, -0.05) is 53.7 Å². The quantitative estimate of drug-likeness (QED) is 0.378. The number of anilines is 2. The van der Waals surface area contributed by atoms with Gasteiger partial charge in [0.25, 0.3) is 5.22 Å². The molecule has 0 aliphatic carbocycles. The van der Waals surface area contributed by atoms with Gasteiger partial charge in [-0.3, -0.25) is 4.79 Å². The van der Waals surface area contributed by atoms with Crippen LogP contribution in [0.25, 0.3) is 22.2 Å². The molecule has 1 N–H and O–H groups in total. The summed E-state index contributed by atoms with van der Waals surface area (Å²) in [6.45, 7) is 3.75. The van der Waals surface area contributed by atoms with Gasteiger partial charge in [0, 0.05) is 36.8 Å². The Morgan fingerprint density at radius 3 is 2.65 bits per heavy atom. The number of rotatable bonds is 6. The topological polar surface area (TPSA) is 74.5 Å². The first kappa shape index (κ1) is 22.7. The summed E-state index contributed by atoms with van der Waals surface area (Å²) in [4.78, 5) is 17.3. The van der Waals surface area contributed by atoms with Crippen LogP contribution in [-0.2, 0) is 4.79 Å². The highest BCUT2D eigenvalue weighted by molar-refractivity contribution is 7.99.